The predicted octanol–water partition coefficient (Wildman–Crippen LogP) is 3.20. The molecule has 1 aromatic carbocycles. The summed E-state index contributed by atoms with van der Waals surface area (Å²) in [6.45, 7) is 0.269. The first kappa shape index (κ1) is 13.2. The molecule has 0 spiro atoms. The molecule has 88 valence electrons. The van der Waals surface area contributed by atoms with E-state index in [1.807, 2.05) is 0 Å². The molecule has 0 aliphatic carbocycles. The second kappa shape index (κ2) is 6.05. The molecule has 4 nitrogen and oxygen atoms in total. The number of hydrogen-bond acceptors (Lipinski definition) is 4. The molecular formula is C9H9BrFNO3S. The smallest absolute Gasteiger partial charge is 0.312 e. The van der Waals surface area contributed by atoms with Gasteiger partial charge in [0.05, 0.1) is 16.0 Å². The zero-order valence-corrected chi connectivity index (χ0v) is 10.6. The summed E-state index contributed by atoms with van der Waals surface area (Å²) in [6.07, 6.45) is 0.637. The molecule has 0 fully saturated rings. The van der Waals surface area contributed by atoms with Crippen LogP contribution in [0.3, 0.4) is 0 Å². The van der Waals surface area contributed by atoms with Gasteiger partial charge in [0.2, 0.25) is 0 Å². The predicted molar refractivity (Wildman–Crippen MR) is 64.7 cm³/mol. The third-order valence-corrected chi connectivity index (χ3v) is 2.68. The molecule has 0 aromatic heterocycles. The van der Waals surface area contributed by atoms with E-state index in [1.165, 1.54) is 0 Å². The van der Waals surface area contributed by atoms with Crippen molar-refractivity contribution in [2.75, 3.05) is 12.4 Å². The van der Waals surface area contributed by atoms with Crippen molar-refractivity contribution in [3.05, 3.63) is 32.5 Å². The lowest BCUT2D eigenvalue weighted by Crippen LogP contribution is -2.02. The Balaban J connectivity index is 2.95. The van der Waals surface area contributed by atoms with Gasteiger partial charge in [-0.15, -0.1) is 0 Å². The minimum atomic E-state index is -0.611. The van der Waals surface area contributed by atoms with Crippen LogP contribution in [-0.2, 0) is 0 Å². The maximum atomic E-state index is 13.2. The van der Waals surface area contributed by atoms with Crippen molar-refractivity contribution in [2.24, 2.45) is 0 Å². The van der Waals surface area contributed by atoms with E-state index >= 15 is 0 Å². The fourth-order valence-corrected chi connectivity index (χ4v) is 1.48. The standard InChI is InChI=1S/C9H9BrFNO3S/c10-6-4-8(12(13)14)9(5-7(6)11)15-2-1-3-16/h4-5,16H,1-3H2. The number of halogens is 2. The third kappa shape index (κ3) is 3.34. The topological polar surface area (TPSA) is 52.4 Å². The highest BCUT2D eigenvalue weighted by Crippen LogP contribution is 2.32. The molecule has 0 amide bonds. The first-order valence-electron chi connectivity index (χ1n) is 4.43. The highest BCUT2D eigenvalue weighted by molar-refractivity contribution is 9.10. The van der Waals surface area contributed by atoms with Gasteiger partial charge in [0.1, 0.15) is 5.82 Å². The lowest BCUT2D eigenvalue weighted by Gasteiger charge is -2.06. The van der Waals surface area contributed by atoms with Crippen LogP contribution in [0.1, 0.15) is 6.42 Å². The average Bonchev–Trinajstić information content (AvgIpc) is 2.23. The Hall–Kier alpha value is -0.820. The fraction of sp³-hybridized carbons (Fsp3) is 0.333. The summed E-state index contributed by atoms with van der Waals surface area (Å²) in [5, 5.41) is 10.7. The average molecular weight is 310 g/mol. The number of rotatable bonds is 5. The summed E-state index contributed by atoms with van der Waals surface area (Å²) in [7, 11) is 0. The monoisotopic (exact) mass is 309 g/mol. The van der Waals surface area contributed by atoms with Crippen molar-refractivity contribution in [2.45, 2.75) is 6.42 Å². The largest absolute Gasteiger partial charge is 0.487 e. The maximum Gasteiger partial charge on any atom is 0.312 e. The van der Waals surface area contributed by atoms with E-state index in [-0.39, 0.29) is 22.5 Å². The van der Waals surface area contributed by atoms with Gasteiger partial charge >= 0.3 is 5.69 Å². The Bertz CT molecular complexity index is 403. The van der Waals surface area contributed by atoms with Gasteiger partial charge in [0.15, 0.2) is 5.75 Å². The Labute approximate surface area is 105 Å². The number of ether oxygens (including phenoxy) is 1. The molecule has 0 saturated carbocycles. The second-order valence-electron chi connectivity index (χ2n) is 2.92. The summed E-state index contributed by atoms with van der Waals surface area (Å²) >= 11 is 6.86. The maximum absolute atomic E-state index is 13.2. The van der Waals surface area contributed by atoms with Crippen molar-refractivity contribution in [3.63, 3.8) is 0 Å². The molecule has 0 heterocycles. The Morgan fingerprint density at radius 2 is 2.25 bits per heavy atom. The Morgan fingerprint density at radius 1 is 1.56 bits per heavy atom. The Kier molecular flexibility index (Phi) is 5.01. The van der Waals surface area contributed by atoms with Crippen LogP contribution in [0.4, 0.5) is 10.1 Å². The summed E-state index contributed by atoms with van der Waals surface area (Å²) in [5.74, 6) is -0.0498. The summed E-state index contributed by atoms with van der Waals surface area (Å²) < 4.78 is 18.3. The third-order valence-electron chi connectivity index (χ3n) is 1.76. The van der Waals surface area contributed by atoms with E-state index in [4.69, 9.17) is 4.74 Å². The summed E-state index contributed by atoms with van der Waals surface area (Å²) in [5.41, 5.74) is -0.257. The summed E-state index contributed by atoms with van der Waals surface area (Å²) in [4.78, 5) is 10.1. The zero-order chi connectivity index (χ0) is 12.1. The van der Waals surface area contributed by atoms with Crippen molar-refractivity contribution < 1.29 is 14.1 Å². The quantitative estimate of drug-likeness (QED) is 0.393. The Morgan fingerprint density at radius 3 is 2.81 bits per heavy atom. The number of nitro groups is 1. The molecule has 1 aromatic rings. The van der Waals surface area contributed by atoms with Crippen LogP contribution < -0.4 is 4.74 Å². The number of thiol groups is 1. The number of benzene rings is 1. The van der Waals surface area contributed by atoms with Crippen molar-refractivity contribution in [1.29, 1.82) is 0 Å². The van der Waals surface area contributed by atoms with Crippen LogP contribution in [0, 0.1) is 15.9 Å². The fourth-order valence-electron chi connectivity index (χ4n) is 1.02. The second-order valence-corrected chi connectivity index (χ2v) is 4.22. The lowest BCUT2D eigenvalue weighted by molar-refractivity contribution is -0.386. The molecule has 0 aliphatic heterocycles. The molecule has 0 radical (unpaired) electrons. The molecule has 0 bridgehead atoms. The molecule has 1 rings (SSSR count). The van der Waals surface area contributed by atoms with Gasteiger partial charge in [-0.05, 0) is 28.1 Å². The van der Waals surface area contributed by atoms with Crippen molar-refractivity contribution in [3.8, 4) is 5.75 Å². The van der Waals surface area contributed by atoms with Gasteiger partial charge in [-0.1, -0.05) is 0 Å². The first-order chi connectivity index (χ1) is 7.56. The van der Waals surface area contributed by atoms with Crippen LogP contribution in [0.5, 0.6) is 5.75 Å². The minimum Gasteiger partial charge on any atom is -0.487 e. The van der Waals surface area contributed by atoms with Gasteiger partial charge in [-0.3, -0.25) is 10.1 Å². The van der Waals surface area contributed by atoms with E-state index in [9.17, 15) is 14.5 Å². The van der Waals surface area contributed by atoms with Crippen molar-refractivity contribution in [1.82, 2.24) is 0 Å². The number of nitrogens with zero attached hydrogens (tertiary/aromatic N) is 1. The van der Waals surface area contributed by atoms with Crippen LogP contribution >= 0.6 is 28.6 Å². The van der Waals surface area contributed by atoms with Crippen molar-refractivity contribution >= 4 is 34.2 Å². The van der Waals surface area contributed by atoms with Gasteiger partial charge < -0.3 is 4.74 Å². The SMILES string of the molecule is O=[N+]([O-])c1cc(Br)c(F)cc1OCCCS. The zero-order valence-electron chi connectivity index (χ0n) is 8.15. The lowest BCUT2D eigenvalue weighted by atomic mass is 10.3. The molecule has 7 heteroatoms. The molecule has 0 aliphatic rings. The van der Waals surface area contributed by atoms with Gasteiger partial charge in [0.25, 0.3) is 0 Å². The van der Waals surface area contributed by atoms with E-state index in [2.05, 4.69) is 28.6 Å². The van der Waals surface area contributed by atoms with Crippen LogP contribution in [-0.4, -0.2) is 17.3 Å². The molecule has 16 heavy (non-hydrogen) atoms. The van der Waals surface area contributed by atoms with Crippen LogP contribution in [0.2, 0.25) is 0 Å². The van der Waals surface area contributed by atoms with Gasteiger partial charge in [-0.25, -0.2) is 4.39 Å². The normalized spacial score (nSPS) is 10.2. The number of hydrogen-bond donors (Lipinski definition) is 1. The van der Waals surface area contributed by atoms with Crippen LogP contribution in [0.25, 0.3) is 0 Å². The highest BCUT2D eigenvalue weighted by atomic mass is 79.9. The van der Waals surface area contributed by atoms with E-state index in [1.54, 1.807) is 0 Å². The molecule has 0 saturated heterocycles. The van der Waals surface area contributed by atoms with Gasteiger partial charge in [-0.2, -0.15) is 12.6 Å². The van der Waals surface area contributed by atoms with E-state index in [0.29, 0.717) is 12.2 Å². The molecule has 0 N–H and O–H groups in total. The highest BCUT2D eigenvalue weighted by Gasteiger charge is 2.18. The minimum absolute atomic E-state index is 0.0424. The van der Waals surface area contributed by atoms with Crippen LogP contribution in [0.15, 0.2) is 16.6 Å². The first-order valence-corrected chi connectivity index (χ1v) is 5.86. The van der Waals surface area contributed by atoms with Gasteiger partial charge in [0, 0.05) is 12.1 Å². The molecule has 0 atom stereocenters. The van der Waals surface area contributed by atoms with E-state index < -0.39 is 10.7 Å². The number of nitro benzene ring substituents is 1. The molecule has 0 unspecified atom stereocenters. The van der Waals surface area contributed by atoms with E-state index in [0.717, 1.165) is 12.1 Å². The molecular weight excluding hydrogens is 301 g/mol. The summed E-state index contributed by atoms with van der Waals surface area (Å²) in [6, 6.07) is 2.09.